The summed E-state index contributed by atoms with van der Waals surface area (Å²) in [6.45, 7) is 1.41. The molecule has 0 radical (unpaired) electrons. The van der Waals surface area contributed by atoms with Gasteiger partial charge in [-0.3, -0.25) is 4.79 Å². The monoisotopic (exact) mass is 499 g/mol. The first kappa shape index (κ1) is 25.5. The SMILES string of the molecule is CC(NC(=O)OCc1ccccc1)C(=O)N1CCN(S(=O)(=O)c2cccc(C(F)(F)F)c2)CC1. The summed E-state index contributed by atoms with van der Waals surface area (Å²) >= 11 is 0. The zero-order valence-electron chi connectivity index (χ0n) is 18.3. The van der Waals surface area contributed by atoms with E-state index in [-0.39, 0.29) is 32.8 Å². The largest absolute Gasteiger partial charge is 0.445 e. The molecule has 2 aromatic rings. The zero-order chi connectivity index (χ0) is 24.9. The van der Waals surface area contributed by atoms with Crippen LogP contribution in [0.5, 0.6) is 0 Å². The number of piperazine rings is 1. The molecule has 34 heavy (non-hydrogen) atoms. The van der Waals surface area contributed by atoms with Gasteiger partial charge in [0.1, 0.15) is 12.6 Å². The van der Waals surface area contributed by atoms with Crippen LogP contribution in [0.3, 0.4) is 0 Å². The molecule has 0 bridgehead atoms. The minimum Gasteiger partial charge on any atom is -0.445 e. The van der Waals surface area contributed by atoms with Gasteiger partial charge < -0.3 is 15.0 Å². The average molecular weight is 500 g/mol. The van der Waals surface area contributed by atoms with Gasteiger partial charge in [-0.25, -0.2) is 13.2 Å². The van der Waals surface area contributed by atoms with Gasteiger partial charge in [-0.2, -0.15) is 17.5 Å². The lowest BCUT2D eigenvalue weighted by atomic mass is 10.2. The van der Waals surface area contributed by atoms with Crippen LogP contribution in [0.2, 0.25) is 0 Å². The van der Waals surface area contributed by atoms with E-state index in [4.69, 9.17) is 4.74 Å². The summed E-state index contributed by atoms with van der Waals surface area (Å²) < 4.78 is 70.6. The topological polar surface area (TPSA) is 96.0 Å². The molecule has 1 aliphatic rings. The van der Waals surface area contributed by atoms with Gasteiger partial charge in [0.15, 0.2) is 0 Å². The highest BCUT2D eigenvalue weighted by molar-refractivity contribution is 7.89. The number of nitrogens with zero attached hydrogens (tertiary/aromatic N) is 2. The number of carbonyl (C=O) groups excluding carboxylic acids is 2. The Hall–Kier alpha value is -3.12. The molecule has 1 unspecified atom stereocenters. The number of ether oxygens (including phenoxy) is 1. The predicted octanol–water partition coefficient (Wildman–Crippen LogP) is 2.85. The summed E-state index contributed by atoms with van der Waals surface area (Å²) in [5.74, 6) is -0.423. The van der Waals surface area contributed by atoms with E-state index in [1.165, 1.54) is 11.8 Å². The number of sulfonamides is 1. The minimum absolute atomic E-state index is 0.0299. The van der Waals surface area contributed by atoms with Crippen LogP contribution in [0.15, 0.2) is 59.5 Å². The number of hydrogen-bond donors (Lipinski definition) is 1. The number of nitrogens with one attached hydrogen (secondary N) is 1. The van der Waals surface area contributed by atoms with Crippen molar-refractivity contribution in [1.82, 2.24) is 14.5 Å². The Labute approximate surface area is 195 Å². The smallest absolute Gasteiger partial charge is 0.416 e. The van der Waals surface area contributed by atoms with Crippen LogP contribution in [-0.2, 0) is 32.3 Å². The molecule has 0 aliphatic carbocycles. The Morgan fingerprint density at radius 1 is 1.03 bits per heavy atom. The molecule has 0 aromatic heterocycles. The molecule has 1 heterocycles. The second-order valence-electron chi connectivity index (χ2n) is 7.68. The van der Waals surface area contributed by atoms with E-state index < -0.39 is 44.7 Å². The molecule has 2 aromatic carbocycles. The molecule has 1 fully saturated rings. The predicted molar refractivity (Wildman–Crippen MR) is 116 cm³/mol. The molecule has 1 aliphatic heterocycles. The van der Waals surface area contributed by atoms with Crippen LogP contribution in [0.4, 0.5) is 18.0 Å². The molecule has 2 amide bonds. The zero-order valence-corrected chi connectivity index (χ0v) is 19.1. The summed E-state index contributed by atoms with van der Waals surface area (Å²) in [6, 6.07) is 11.6. The van der Waals surface area contributed by atoms with E-state index in [0.29, 0.717) is 6.07 Å². The lowest BCUT2D eigenvalue weighted by Gasteiger charge is -2.35. The number of halogens is 3. The van der Waals surface area contributed by atoms with Crippen molar-refractivity contribution in [3.63, 3.8) is 0 Å². The van der Waals surface area contributed by atoms with E-state index in [2.05, 4.69) is 5.32 Å². The van der Waals surface area contributed by atoms with E-state index in [1.54, 1.807) is 24.3 Å². The molecule has 0 saturated carbocycles. The van der Waals surface area contributed by atoms with Crippen molar-refractivity contribution in [3.8, 4) is 0 Å². The van der Waals surface area contributed by atoms with Crippen LogP contribution in [0, 0.1) is 0 Å². The number of alkyl carbamates (subject to hydrolysis) is 1. The van der Waals surface area contributed by atoms with E-state index in [1.807, 2.05) is 6.07 Å². The summed E-state index contributed by atoms with van der Waals surface area (Å²) in [4.78, 5) is 25.6. The summed E-state index contributed by atoms with van der Waals surface area (Å²) in [7, 11) is -4.16. The first-order valence-electron chi connectivity index (χ1n) is 10.4. The Kier molecular flexibility index (Phi) is 7.82. The van der Waals surface area contributed by atoms with Crippen molar-refractivity contribution in [2.45, 2.75) is 30.6 Å². The second kappa shape index (κ2) is 10.4. The van der Waals surface area contributed by atoms with Gasteiger partial charge in [-0.1, -0.05) is 36.4 Å². The molecule has 1 atom stereocenters. The van der Waals surface area contributed by atoms with Gasteiger partial charge in [0.2, 0.25) is 15.9 Å². The fourth-order valence-electron chi connectivity index (χ4n) is 3.41. The van der Waals surface area contributed by atoms with Crippen molar-refractivity contribution in [3.05, 3.63) is 65.7 Å². The third-order valence-corrected chi connectivity index (χ3v) is 7.16. The van der Waals surface area contributed by atoms with Gasteiger partial charge in [0.25, 0.3) is 0 Å². The molecule has 3 rings (SSSR count). The highest BCUT2D eigenvalue weighted by atomic mass is 32.2. The molecule has 1 saturated heterocycles. The van der Waals surface area contributed by atoms with Crippen molar-refractivity contribution in [1.29, 1.82) is 0 Å². The number of alkyl halides is 3. The molecule has 184 valence electrons. The quantitative estimate of drug-likeness (QED) is 0.660. The standard InChI is InChI=1S/C22H24F3N3O5S/c1-16(26-21(30)33-15-17-6-3-2-4-7-17)20(29)27-10-12-28(13-11-27)34(31,32)19-9-5-8-18(14-19)22(23,24)25/h2-9,14,16H,10-13,15H2,1H3,(H,26,30). The van der Waals surface area contributed by atoms with Gasteiger partial charge in [0.05, 0.1) is 10.5 Å². The maximum absolute atomic E-state index is 12.9. The average Bonchev–Trinajstić information content (AvgIpc) is 2.82. The maximum Gasteiger partial charge on any atom is 0.416 e. The number of carbonyl (C=O) groups is 2. The highest BCUT2D eigenvalue weighted by Gasteiger charge is 2.35. The Morgan fingerprint density at radius 2 is 1.68 bits per heavy atom. The third kappa shape index (κ3) is 6.26. The third-order valence-electron chi connectivity index (χ3n) is 5.27. The van der Waals surface area contributed by atoms with Crippen molar-refractivity contribution in [2.75, 3.05) is 26.2 Å². The van der Waals surface area contributed by atoms with Crippen molar-refractivity contribution in [2.24, 2.45) is 0 Å². The van der Waals surface area contributed by atoms with Gasteiger partial charge in [0, 0.05) is 26.2 Å². The Balaban J connectivity index is 1.53. The lowest BCUT2D eigenvalue weighted by molar-refractivity contribution is -0.137. The van der Waals surface area contributed by atoms with Crippen LogP contribution < -0.4 is 5.32 Å². The number of benzene rings is 2. The first-order chi connectivity index (χ1) is 16.0. The van der Waals surface area contributed by atoms with Crippen LogP contribution in [0.25, 0.3) is 0 Å². The van der Waals surface area contributed by atoms with Crippen LogP contribution in [0.1, 0.15) is 18.1 Å². The fourth-order valence-corrected chi connectivity index (χ4v) is 4.88. The molecular weight excluding hydrogens is 475 g/mol. The summed E-state index contributed by atoms with van der Waals surface area (Å²) in [6.07, 6.45) is -5.43. The summed E-state index contributed by atoms with van der Waals surface area (Å²) in [5, 5.41) is 2.44. The molecular formula is C22H24F3N3O5S. The Bertz CT molecular complexity index is 1120. The van der Waals surface area contributed by atoms with E-state index >= 15 is 0 Å². The lowest BCUT2D eigenvalue weighted by Crippen LogP contribution is -2.55. The van der Waals surface area contributed by atoms with Gasteiger partial charge in [-0.15, -0.1) is 0 Å². The maximum atomic E-state index is 12.9. The van der Waals surface area contributed by atoms with Gasteiger partial charge >= 0.3 is 12.3 Å². The molecule has 12 heteroatoms. The fraction of sp³-hybridized carbons (Fsp3) is 0.364. The highest BCUT2D eigenvalue weighted by Crippen LogP contribution is 2.31. The molecule has 8 nitrogen and oxygen atoms in total. The second-order valence-corrected chi connectivity index (χ2v) is 9.62. The van der Waals surface area contributed by atoms with Crippen LogP contribution >= 0.6 is 0 Å². The van der Waals surface area contributed by atoms with E-state index in [9.17, 15) is 31.2 Å². The number of amides is 2. The van der Waals surface area contributed by atoms with Crippen molar-refractivity contribution < 1.29 is 35.9 Å². The Morgan fingerprint density at radius 3 is 2.29 bits per heavy atom. The first-order valence-corrected chi connectivity index (χ1v) is 11.9. The molecule has 0 spiro atoms. The molecule has 1 N–H and O–H groups in total. The summed E-state index contributed by atoms with van der Waals surface area (Å²) in [5.41, 5.74) is -0.267. The minimum atomic E-state index is -4.66. The number of hydrogen-bond acceptors (Lipinski definition) is 5. The van der Waals surface area contributed by atoms with E-state index in [0.717, 1.165) is 28.1 Å². The number of rotatable bonds is 6. The van der Waals surface area contributed by atoms with Crippen LogP contribution in [-0.4, -0.2) is 61.8 Å². The van der Waals surface area contributed by atoms with Gasteiger partial charge in [-0.05, 0) is 30.7 Å². The normalized spacial score (nSPS) is 16.1. The van der Waals surface area contributed by atoms with Crippen molar-refractivity contribution >= 4 is 22.0 Å².